The molecule has 0 unspecified atom stereocenters. The van der Waals surface area contributed by atoms with Crippen LogP contribution in [-0.4, -0.2) is 25.2 Å². The monoisotopic (exact) mass is 273 g/mol. The van der Waals surface area contributed by atoms with Crippen LogP contribution in [-0.2, 0) is 0 Å². The van der Waals surface area contributed by atoms with Crippen LogP contribution in [0.3, 0.4) is 0 Å². The molecule has 0 fully saturated rings. The second kappa shape index (κ2) is 6.77. The first-order valence-electron chi connectivity index (χ1n) is 6.43. The number of ether oxygens (including phenoxy) is 2. The molecule has 2 rings (SSSR count). The van der Waals surface area contributed by atoms with Gasteiger partial charge >= 0.3 is 0 Å². The van der Waals surface area contributed by atoms with E-state index in [1.807, 2.05) is 37.3 Å². The number of nitrogens with zero attached hydrogens (tertiary/aromatic N) is 1. The van der Waals surface area contributed by atoms with Gasteiger partial charge in [0, 0.05) is 17.9 Å². The zero-order valence-electron chi connectivity index (χ0n) is 11.7. The number of aromatic nitrogens is 1. The third kappa shape index (κ3) is 3.61. The number of aryl methyl sites for hydroxylation is 1. The topological polar surface area (TPSA) is 69.4 Å². The molecule has 20 heavy (non-hydrogen) atoms. The first-order valence-corrected chi connectivity index (χ1v) is 6.43. The number of nitrogens with one attached hydrogen (secondary N) is 1. The van der Waals surface area contributed by atoms with E-state index in [0.717, 1.165) is 22.8 Å². The molecule has 0 saturated heterocycles. The number of methoxy groups -OCH3 is 1. The number of hydrogen-bond acceptors (Lipinski definition) is 5. The third-order valence-electron chi connectivity index (χ3n) is 2.74. The van der Waals surface area contributed by atoms with Gasteiger partial charge in [0.25, 0.3) is 0 Å². The number of pyridine rings is 1. The minimum Gasteiger partial charge on any atom is -0.493 e. The van der Waals surface area contributed by atoms with Gasteiger partial charge in [0.2, 0.25) is 0 Å². The quantitative estimate of drug-likeness (QED) is 0.846. The van der Waals surface area contributed by atoms with Crippen LogP contribution >= 0.6 is 0 Å². The van der Waals surface area contributed by atoms with Gasteiger partial charge in [-0.25, -0.2) is 0 Å². The van der Waals surface area contributed by atoms with E-state index in [1.54, 1.807) is 13.3 Å². The maximum atomic E-state index is 5.44. The molecular formula is C15H19N3O2. The lowest BCUT2D eigenvalue weighted by molar-refractivity contribution is 0.328. The number of benzene rings is 1. The van der Waals surface area contributed by atoms with Gasteiger partial charge < -0.3 is 20.5 Å². The highest BCUT2D eigenvalue weighted by Gasteiger charge is 2.04. The van der Waals surface area contributed by atoms with E-state index in [4.69, 9.17) is 15.2 Å². The lowest BCUT2D eigenvalue weighted by Gasteiger charge is -2.12. The van der Waals surface area contributed by atoms with E-state index in [1.165, 1.54) is 0 Å². The van der Waals surface area contributed by atoms with Crippen molar-refractivity contribution >= 4 is 11.4 Å². The molecule has 0 aliphatic rings. The Labute approximate surface area is 118 Å². The predicted octanol–water partition coefficient (Wildman–Crippen LogP) is 2.48. The Kier molecular flexibility index (Phi) is 4.79. The highest BCUT2D eigenvalue weighted by atomic mass is 16.5. The first kappa shape index (κ1) is 14.1. The summed E-state index contributed by atoms with van der Waals surface area (Å²) in [7, 11) is 1.63. The van der Waals surface area contributed by atoms with Crippen molar-refractivity contribution in [3.63, 3.8) is 0 Å². The van der Waals surface area contributed by atoms with E-state index in [-0.39, 0.29) is 0 Å². The molecule has 0 aliphatic carbocycles. The summed E-state index contributed by atoms with van der Waals surface area (Å²) >= 11 is 0. The Morgan fingerprint density at radius 3 is 2.65 bits per heavy atom. The SMILES string of the molecule is COc1cnc(C)cc1Nc1ccc(OCCN)cc1. The fourth-order valence-corrected chi connectivity index (χ4v) is 1.77. The van der Waals surface area contributed by atoms with Crippen LogP contribution < -0.4 is 20.5 Å². The average Bonchev–Trinajstić information content (AvgIpc) is 2.47. The zero-order chi connectivity index (χ0) is 14.4. The van der Waals surface area contributed by atoms with Gasteiger partial charge in [0.05, 0.1) is 19.0 Å². The molecule has 1 aromatic heterocycles. The molecule has 0 spiro atoms. The van der Waals surface area contributed by atoms with Crippen LogP contribution in [0.2, 0.25) is 0 Å². The minimum atomic E-state index is 0.507. The Bertz CT molecular complexity index is 556. The van der Waals surface area contributed by atoms with Crippen LogP contribution in [0, 0.1) is 6.92 Å². The molecule has 0 bridgehead atoms. The zero-order valence-corrected chi connectivity index (χ0v) is 11.7. The summed E-state index contributed by atoms with van der Waals surface area (Å²) in [5.74, 6) is 1.51. The van der Waals surface area contributed by atoms with Crippen LogP contribution in [0.15, 0.2) is 36.5 Å². The summed E-state index contributed by atoms with van der Waals surface area (Å²) in [6.07, 6.45) is 1.70. The Balaban J connectivity index is 2.11. The van der Waals surface area contributed by atoms with Crippen molar-refractivity contribution in [2.45, 2.75) is 6.92 Å². The van der Waals surface area contributed by atoms with Gasteiger partial charge in [0.15, 0.2) is 5.75 Å². The van der Waals surface area contributed by atoms with Crippen molar-refractivity contribution in [2.24, 2.45) is 5.73 Å². The normalized spacial score (nSPS) is 10.2. The third-order valence-corrected chi connectivity index (χ3v) is 2.74. The molecule has 0 saturated carbocycles. The smallest absolute Gasteiger partial charge is 0.160 e. The van der Waals surface area contributed by atoms with Gasteiger partial charge in [0.1, 0.15) is 12.4 Å². The van der Waals surface area contributed by atoms with Gasteiger partial charge in [-0.2, -0.15) is 0 Å². The van der Waals surface area contributed by atoms with Crippen molar-refractivity contribution in [3.05, 3.63) is 42.2 Å². The van der Waals surface area contributed by atoms with Crippen LogP contribution in [0.1, 0.15) is 5.69 Å². The molecule has 106 valence electrons. The molecular weight excluding hydrogens is 254 g/mol. The van der Waals surface area contributed by atoms with Gasteiger partial charge in [-0.15, -0.1) is 0 Å². The van der Waals surface area contributed by atoms with Crippen molar-refractivity contribution in [1.29, 1.82) is 0 Å². The summed E-state index contributed by atoms with van der Waals surface area (Å²) in [6.45, 7) is 2.96. The standard InChI is InChI=1S/C15H19N3O2/c1-11-9-14(15(19-2)10-17-11)18-12-3-5-13(6-4-12)20-8-7-16/h3-6,9-10H,7-8,16H2,1-2H3,(H,17,18). The lowest BCUT2D eigenvalue weighted by Crippen LogP contribution is -2.10. The maximum Gasteiger partial charge on any atom is 0.160 e. The number of nitrogens with two attached hydrogens (primary N) is 1. The fraction of sp³-hybridized carbons (Fsp3) is 0.267. The molecule has 2 aromatic rings. The summed E-state index contributed by atoms with van der Waals surface area (Å²) in [5, 5.41) is 3.30. The number of anilines is 2. The van der Waals surface area contributed by atoms with Gasteiger partial charge in [-0.05, 0) is 37.3 Å². The largest absolute Gasteiger partial charge is 0.493 e. The lowest BCUT2D eigenvalue weighted by atomic mass is 10.2. The van der Waals surface area contributed by atoms with Crippen molar-refractivity contribution < 1.29 is 9.47 Å². The predicted molar refractivity (Wildman–Crippen MR) is 79.8 cm³/mol. The molecule has 3 N–H and O–H groups in total. The Morgan fingerprint density at radius 1 is 1.25 bits per heavy atom. The van der Waals surface area contributed by atoms with Crippen molar-refractivity contribution in [1.82, 2.24) is 4.98 Å². The van der Waals surface area contributed by atoms with Gasteiger partial charge in [-0.1, -0.05) is 0 Å². The average molecular weight is 273 g/mol. The van der Waals surface area contributed by atoms with E-state index < -0.39 is 0 Å². The molecule has 0 atom stereocenters. The van der Waals surface area contributed by atoms with E-state index in [2.05, 4.69) is 10.3 Å². The fourth-order valence-electron chi connectivity index (χ4n) is 1.77. The summed E-state index contributed by atoms with van der Waals surface area (Å²) < 4.78 is 10.7. The van der Waals surface area contributed by atoms with Crippen LogP contribution in [0.4, 0.5) is 11.4 Å². The molecule has 5 nitrogen and oxygen atoms in total. The molecule has 5 heteroatoms. The molecule has 1 aromatic carbocycles. The van der Waals surface area contributed by atoms with Crippen molar-refractivity contribution in [3.8, 4) is 11.5 Å². The van der Waals surface area contributed by atoms with Crippen molar-refractivity contribution in [2.75, 3.05) is 25.6 Å². The molecule has 0 radical (unpaired) electrons. The van der Waals surface area contributed by atoms with E-state index in [9.17, 15) is 0 Å². The number of hydrogen-bond donors (Lipinski definition) is 2. The number of rotatable bonds is 6. The minimum absolute atomic E-state index is 0.507. The second-order valence-corrected chi connectivity index (χ2v) is 4.31. The van der Waals surface area contributed by atoms with Crippen LogP contribution in [0.5, 0.6) is 11.5 Å². The van der Waals surface area contributed by atoms with E-state index >= 15 is 0 Å². The summed E-state index contributed by atoms with van der Waals surface area (Å²) in [5.41, 5.74) is 8.16. The second-order valence-electron chi connectivity index (χ2n) is 4.31. The summed E-state index contributed by atoms with van der Waals surface area (Å²) in [6, 6.07) is 9.64. The summed E-state index contributed by atoms with van der Waals surface area (Å²) in [4.78, 5) is 4.20. The van der Waals surface area contributed by atoms with E-state index in [0.29, 0.717) is 18.9 Å². The first-order chi connectivity index (χ1) is 9.72. The molecule has 0 amide bonds. The Hall–Kier alpha value is -2.27. The Morgan fingerprint density at radius 2 is 2.00 bits per heavy atom. The molecule has 1 heterocycles. The highest BCUT2D eigenvalue weighted by molar-refractivity contribution is 5.66. The molecule has 0 aliphatic heterocycles. The maximum absolute atomic E-state index is 5.44. The van der Waals surface area contributed by atoms with Crippen LogP contribution in [0.25, 0.3) is 0 Å². The van der Waals surface area contributed by atoms with Gasteiger partial charge in [-0.3, -0.25) is 4.98 Å². The highest BCUT2D eigenvalue weighted by Crippen LogP contribution is 2.28.